The predicted octanol–water partition coefficient (Wildman–Crippen LogP) is -2.64. The van der Waals surface area contributed by atoms with Crippen LogP contribution in [-0.2, 0) is 4.74 Å². The number of aliphatic hydroxyl groups excluding tert-OH is 3. The maximum absolute atomic E-state index is 13.5. The average molecular weight is 262 g/mol. The number of aliphatic hydroxyl groups is 3. The quantitative estimate of drug-likeness (QED) is 0.395. The molecule has 4 atom stereocenters. The van der Waals surface area contributed by atoms with E-state index >= 15 is 0 Å². The van der Waals surface area contributed by atoms with Crippen LogP contribution in [0.15, 0.2) is 9.59 Å². The molecule has 1 aromatic heterocycles. The van der Waals surface area contributed by atoms with Crippen molar-refractivity contribution in [3.8, 4) is 0 Å². The topological polar surface area (TPSA) is 136 Å². The summed E-state index contributed by atoms with van der Waals surface area (Å²) in [7, 11) is 0. The molecular formula is C9H11FN2O6. The second-order valence-corrected chi connectivity index (χ2v) is 3.89. The number of hydrogen-bond acceptors (Lipinski definition) is 6. The molecule has 1 unspecified atom stereocenters. The van der Waals surface area contributed by atoms with Crippen LogP contribution in [0.3, 0.4) is 0 Å². The molecule has 0 spiro atoms. The second kappa shape index (κ2) is 4.61. The molecule has 100 valence electrons. The van der Waals surface area contributed by atoms with Gasteiger partial charge in [-0.15, -0.1) is 0 Å². The Morgan fingerprint density at radius 3 is 2.44 bits per heavy atom. The van der Waals surface area contributed by atoms with E-state index in [1.807, 2.05) is 4.98 Å². The van der Waals surface area contributed by atoms with Gasteiger partial charge in [-0.2, -0.15) is 4.39 Å². The van der Waals surface area contributed by atoms with Crippen LogP contribution in [-0.4, -0.2) is 50.2 Å². The largest absolute Gasteiger partial charge is 0.394 e. The zero-order chi connectivity index (χ0) is 13.4. The van der Waals surface area contributed by atoms with Crippen LogP contribution >= 0.6 is 0 Å². The molecule has 2 rings (SSSR count). The summed E-state index contributed by atoms with van der Waals surface area (Å²) in [6.45, 7) is -0.593. The third kappa shape index (κ3) is 1.97. The number of aromatic nitrogens is 2. The van der Waals surface area contributed by atoms with E-state index in [0.29, 0.717) is 0 Å². The number of rotatable bonds is 2. The van der Waals surface area contributed by atoms with E-state index in [9.17, 15) is 24.2 Å². The minimum atomic E-state index is -1.56. The molecule has 1 aliphatic rings. The highest BCUT2D eigenvalue weighted by Crippen LogP contribution is 2.32. The standard InChI is InChI=1S/C9H11FN2O6/c10-3-4(11-9(17)12-8(3)16)7-6(15)5(14)2(1-13)18-7/h2,5-7,13-15H,1H2,(H2,11,12,16,17)/t2-,5-,6-,7?/m1/s1. The van der Waals surface area contributed by atoms with E-state index in [4.69, 9.17) is 9.84 Å². The Bertz CT molecular complexity index is 555. The fraction of sp³-hybridized carbons (Fsp3) is 0.556. The van der Waals surface area contributed by atoms with Gasteiger partial charge in [0.1, 0.15) is 24.4 Å². The Balaban J connectivity index is 2.45. The summed E-state index contributed by atoms with van der Waals surface area (Å²) in [6.07, 6.45) is -5.55. The van der Waals surface area contributed by atoms with Gasteiger partial charge in [0.05, 0.1) is 12.3 Å². The zero-order valence-corrected chi connectivity index (χ0v) is 8.96. The number of halogens is 1. The number of ether oxygens (including phenoxy) is 1. The van der Waals surface area contributed by atoms with Crippen molar-refractivity contribution in [1.82, 2.24) is 9.97 Å². The minimum absolute atomic E-state index is 0.564. The van der Waals surface area contributed by atoms with Crippen molar-refractivity contribution in [3.05, 3.63) is 32.3 Å². The lowest BCUT2D eigenvalue weighted by Crippen LogP contribution is -2.34. The highest BCUT2D eigenvalue weighted by Gasteiger charge is 2.44. The van der Waals surface area contributed by atoms with Gasteiger partial charge in [0.2, 0.25) is 5.82 Å². The summed E-state index contributed by atoms with van der Waals surface area (Å²) < 4.78 is 18.5. The van der Waals surface area contributed by atoms with Crippen LogP contribution in [0.2, 0.25) is 0 Å². The Labute approximate surface area is 98.7 Å². The van der Waals surface area contributed by atoms with Gasteiger partial charge in [-0.1, -0.05) is 0 Å². The first kappa shape index (κ1) is 12.9. The molecule has 1 aliphatic heterocycles. The van der Waals surface area contributed by atoms with Crippen molar-refractivity contribution in [3.63, 3.8) is 0 Å². The first-order valence-electron chi connectivity index (χ1n) is 5.10. The molecule has 8 nitrogen and oxygen atoms in total. The Morgan fingerprint density at radius 2 is 1.89 bits per heavy atom. The molecule has 0 amide bonds. The molecule has 5 N–H and O–H groups in total. The summed E-state index contributed by atoms with van der Waals surface area (Å²) in [5, 5.41) is 28.0. The van der Waals surface area contributed by atoms with Gasteiger partial charge in [0.25, 0.3) is 5.56 Å². The first-order valence-corrected chi connectivity index (χ1v) is 5.10. The highest BCUT2D eigenvalue weighted by molar-refractivity contribution is 5.12. The Kier molecular flexibility index (Phi) is 3.30. The Hall–Kier alpha value is -1.55. The lowest BCUT2D eigenvalue weighted by Gasteiger charge is -2.14. The van der Waals surface area contributed by atoms with E-state index < -0.39 is 53.8 Å². The smallest absolute Gasteiger partial charge is 0.326 e. The number of hydrogen-bond donors (Lipinski definition) is 5. The predicted molar refractivity (Wildman–Crippen MR) is 54.4 cm³/mol. The van der Waals surface area contributed by atoms with Crippen molar-refractivity contribution < 1.29 is 24.4 Å². The fourth-order valence-corrected chi connectivity index (χ4v) is 1.82. The number of H-pyrrole nitrogens is 2. The maximum Gasteiger partial charge on any atom is 0.326 e. The van der Waals surface area contributed by atoms with Gasteiger partial charge in [-0.3, -0.25) is 9.78 Å². The van der Waals surface area contributed by atoms with Crippen molar-refractivity contribution in [1.29, 1.82) is 0 Å². The van der Waals surface area contributed by atoms with E-state index in [1.54, 1.807) is 4.98 Å². The first-order chi connectivity index (χ1) is 8.45. The van der Waals surface area contributed by atoms with Crippen molar-refractivity contribution in [2.45, 2.75) is 24.4 Å². The van der Waals surface area contributed by atoms with Gasteiger partial charge >= 0.3 is 5.69 Å². The summed E-state index contributed by atoms with van der Waals surface area (Å²) in [6, 6.07) is 0. The molecule has 0 bridgehead atoms. The average Bonchev–Trinajstić information content (AvgIpc) is 2.61. The minimum Gasteiger partial charge on any atom is -0.394 e. The van der Waals surface area contributed by atoms with Crippen LogP contribution in [0.1, 0.15) is 11.8 Å². The van der Waals surface area contributed by atoms with Gasteiger partial charge in [-0.05, 0) is 0 Å². The second-order valence-electron chi connectivity index (χ2n) is 3.89. The maximum atomic E-state index is 13.5. The zero-order valence-electron chi connectivity index (χ0n) is 8.96. The number of aromatic amines is 2. The molecule has 0 aliphatic carbocycles. The monoisotopic (exact) mass is 262 g/mol. The fourth-order valence-electron chi connectivity index (χ4n) is 1.82. The summed E-state index contributed by atoms with van der Waals surface area (Å²) in [5.74, 6) is -1.32. The Morgan fingerprint density at radius 1 is 1.22 bits per heavy atom. The lowest BCUT2D eigenvalue weighted by atomic mass is 10.1. The molecule has 1 fully saturated rings. The van der Waals surface area contributed by atoms with E-state index in [0.717, 1.165) is 0 Å². The van der Waals surface area contributed by atoms with Crippen molar-refractivity contribution in [2.75, 3.05) is 6.61 Å². The molecule has 2 heterocycles. The lowest BCUT2D eigenvalue weighted by molar-refractivity contribution is -0.0251. The normalized spacial score (nSPS) is 31.8. The molecule has 18 heavy (non-hydrogen) atoms. The van der Waals surface area contributed by atoms with Crippen LogP contribution in [0.4, 0.5) is 4.39 Å². The van der Waals surface area contributed by atoms with Gasteiger partial charge in [0.15, 0.2) is 0 Å². The molecule has 0 saturated carbocycles. The highest BCUT2D eigenvalue weighted by atomic mass is 19.1. The van der Waals surface area contributed by atoms with Crippen LogP contribution in [0.5, 0.6) is 0 Å². The summed E-state index contributed by atoms with van der Waals surface area (Å²) in [5.41, 5.74) is -2.79. The summed E-state index contributed by atoms with van der Waals surface area (Å²) in [4.78, 5) is 25.7. The summed E-state index contributed by atoms with van der Waals surface area (Å²) >= 11 is 0. The molecule has 1 saturated heterocycles. The van der Waals surface area contributed by atoms with E-state index in [2.05, 4.69) is 0 Å². The van der Waals surface area contributed by atoms with Crippen molar-refractivity contribution >= 4 is 0 Å². The molecule has 0 radical (unpaired) electrons. The molecule has 0 aromatic carbocycles. The van der Waals surface area contributed by atoms with E-state index in [-0.39, 0.29) is 0 Å². The number of nitrogens with one attached hydrogen (secondary N) is 2. The van der Waals surface area contributed by atoms with Gasteiger partial charge < -0.3 is 25.0 Å². The van der Waals surface area contributed by atoms with Crippen molar-refractivity contribution in [2.24, 2.45) is 0 Å². The molecule has 9 heteroatoms. The molecule has 1 aromatic rings. The molecular weight excluding hydrogens is 251 g/mol. The van der Waals surface area contributed by atoms with Crippen LogP contribution < -0.4 is 11.2 Å². The van der Waals surface area contributed by atoms with Crippen LogP contribution in [0, 0.1) is 5.82 Å². The SMILES string of the molecule is O=c1[nH]c(C2O[C@H](CO)[C@@H](O)[C@H]2O)c(F)c(=O)[nH]1. The third-order valence-corrected chi connectivity index (χ3v) is 2.74. The van der Waals surface area contributed by atoms with Gasteiger partial charge in [0, 0.05) is 0 Å². The van der Waals surface area contributed by atoms with Gasteiger partial charge in [-0.25, -0.2) is 4.79 Å². The third-order valence-electron chi connectivity index (χ3n) is 2.74. The van der Waals surface area contributed by atoms with E-state index in [1.165, 1.54) is 0 Å². The van der Waals surface area contributed by atoms with Crippen LogP contribution in [0.25, 0.3) is 0 Å².